The summed E-state index contributed by atoms with van der Waals surface area (Å²) >= 11 is 0. The molecular formula is C14H20N4. The number of hydrogen-bond donors (Lipinski definition) is 1. The van der Waals surface area contributed by atoms with Crippen LogP contribution in [0.3, 0.4) is 0 Å². The van der Waals surface area contributed by atoms with Crippen molar-refractivity contribution in [3.63, 3.8) is 0 Å². The van der Waals surface area contributed by atoms with E-state index in [4.69, 9.17) is 5.73 Å². The van der Waals surface area contributed by atoms with E-state index in [1.165, 1.54) is 16.7 Å². The molecule has 0 aliphatic heterocycles. The maximum absolute atomic E-state index is 5.85. The number of nitrogens with zero attached hydrogens (tertiary/aromatic N) is 3. The third kappa shape index (κ3) is 2.70. The van der Waals surface area contributed by atoms with Gasteiger partial charge in [0.2, 0.25) is 0 Å². The van der Waals surface area contributed by atoms with E-state index in [0.717, 1.165) is 25.1 Å². The molecule has 0 saturated carbocycles. The molecule has 96 valence electrons. The zero-order chi connectivity index (χ0) is 13.1. The number of aryl methyl sites for hydroxylation is 2. The summed E-state index contributed by atoms with van der Waals surface area (Å²) in [5.41, 5.74) is 10.7. The standard InChI is InChI=1S/C14H20N4/c1-4-5-13-14(15)16-17-18(13)9-12-7-10(2)6-11(3)8-12/h6-8H,4-5,9,15H2,1-3H3. The van der Waals surface area contributed by atoms with Crippen LogP contribution in [-0.2, 0) is 13.0 Å². The number of anilines is 1. The molecule has 1 aromatic heterocycles. The van der Waals surface area contributed by atoms with Crippen LogP contribution in [0.5, 0.6) is 0 Å². The van der Waals surface area contributed by atoms with Crippen LogP contribution in [0.2, 0.25) is 0 Å². The topological polar surface area (TPSA) is 56.7 Å². The average molecular weight is 244 g/mol. The lowest BCUT2D eigenvalue weighted by atomic mass is 10.1. The van der Waals surface area contributed by atoms with Crippen molar-refractivity contribution in [1.29, 1.82) is 0 Å². The summed E-state index contributed by atoms with van der Waals surface area (Å²) in [6.45, 7) is 7.09. The Kier molecular flexibility index (Phi) is 3.65. The van der Waals surface area contributed by atoms with Crippen LogP contribution in [0.25, 0.3) is 0 Å². The lowest BCUT2D eigenvalue weighted by Gasteiger charge is -2.08. The van der Waals surface area contributed by atoms with Crippen LogP contribution in [0.4, 0.5) is 5.82 Å². The van der Waals surface area contributed by atoms with Gasteiger partial charge in [-0.05, 0) is 25.8 Å². The summed E-state index contributed by atoms with van der Waals surface area (Å²) < 4.78 is 1.91. The number of nitrogen functional groups attached to an aromatic ring is 1. The smallest absolute Gasteiger partial charge is 0.169 e. The Morgan fingerprint density at radius 3 is 2.44 bits per heavy atom. The Balaban J connectivity index is 2.28. The fraction of sp³-hybridized carbons (Fsp3) is 0.429. The number of nitrogens with two attached hydrogens (primary N) is 1. The fourth-order valence-corrected chi connectivity index (χ4v) is 2.30. The van der Waals surface area contributed by atoms with Gasteiger partial charge in [0.25, 0.3) is 0 Å². The second-order valence-corrected chi connectivity index (χ2v) is 4.82. The molecule has 0 aliphatic carbocycles. The van der Waals surface area contributed by atoms with Crippen LogP contribution in [0.1, 0.15) is 35.7 Å². The molecule has 4 heteroatoms. The summed E-state index contributed by atoms with van der Waals surface area (Å²) in [4.78, 5) is 0. The van der Waals surface area contributed by atoms with Crippen molar-refractivity contribution in [2.24, 2.45) is 0 Å². The molecule has 0 fully saturated rings. The molecule has 0 bridgehead atoms. The minimum atomic E-state index is 0.557. The molecule has 0 amide bonds. The minimum Gasteiger partial charge on any atom is -0.381 e. The van der Waals surface area contributed by atoms with Gasteiger partial charge in [-0.1, -0.05) is 47.9 Å². The van der Waals surface area contributed by atoms with Gasteiger partial charge < -0.3 is 5.73 Å². The molecule has 0 spiro atoms. The highest BCUT2D eigenvalue weighted by Gasteiger charge is 2.09. The predicted molar refractivity (Wildman–Crippen MR) is 73.4 cm³/mol. The van der Waals surface area contributed by atoms with E-state index in [2.05, 4.69) is 49.3 Å². The van der Waals surface area contributed by atoms with Crippen molar-refractivity contribution in [2.75, 3.05) is 5.73 Å². The highest BCUT2D eigenvalue weighted by molar-refractivity contribution is 5.34. The molecule has 0 saturated heterocycles. The van der Waals surface area contributed by atoms with Crippen molar-refractivity contribution in [3.05, 3.63) is 40.6 Å². The molecule has 0 aliphatic rings. The second kappa shape index (κ2) is 5.21. The minimum absolute atomic E-state index is 0.557. The van der Waals surface area contributed by atoms with Gasteiger partial charge in [0.05, 0.1) is 12.2 Å². The monoisotopic (exact) mass is 244 g/mol. The Bertz CT molecular complexity index is 522. The summed E-state index contributed by atoms with van der Waals surface area (Å²) in [6, 6.07) is 6.54. The predicted octanol–water partition coefficient (Wildman–Crippen LogP) is 2.48. The normalized spacial score (nSPS) is 10.8. The Hall–Kier alpha value is -1.84. The van der Waals surface area contributed by atoms with E-state index < -0.39 is 0 Å². The average Bonchev–Trinajstić information content (AvgIpc) is 2.60. The molecule has 1 heterocycles. The summed E-state index contributed by atoms with van der Waals surface area (Å²) in [5.74, 6) is 0.557. The van der Waals surface area contributed by atoms with E-state index in [9.17, 15) is 0 Å². The van der Waals surface area contributed by atoms with Crippen LogP contribution in [0, 0.1) is 13.8 Å². The largest absolute Gasteiger partial charge is 0.381 e. The van der Waals surface area contributed by atoms with E-state index in [-0.39, 0.29) is 0 Å². The fourth-order valence-electron chi connectivity index (χ4n) is 2.30. The summed E-state index contributed by atoms with van der Waals surface area (Å²) in [6.07, 6.45) is 1.97. The van der Waals surface area contributed by atoms with E-state index >= 15 is 0 Å². The van der Waals surface area contributed by atoms with Gasteiger partial charge in [-0.15, -0.1) is 5.10 Å². The first-order chi connectivity index (χ1) is 8.60. The number of aromatic nitrogens is 3. The van der Waals surface area contributed by atoms with E-state index in [0.29, 0.717) is 5.82 Å². The molecule has 2 N–H and O–H groups in total. The maximum Gasteiger partial charge on any atom is 0.169 e. The van der Waals surface area contributed by atoms with Crippen molar-refractivity contribution >= 4 is 5.82 Å². The molecule has 0 atom stereocenters. The van der Waals surface area contributed by atoms with Gasteiger partial charge in [0.1, 0.15) is 0 Å². The van der Waals surface area contributed by atoms with Gasteiger partial charge in [0.15, 0.2) is 5.82 Å². The van der Waals surface area contributed by atoms with Crippen LogP contribution >= 0.6 is 0 Å². The summed E-state index contributed by atoms with van der Waals surface area (Å²) in [7, 11) is 0. The first-order valence-corrected chi connectivity index (χ1v) is 6.35. The van der Waals surface area contributed by atoms with Crippen LogP contribution in [0.15, 0.2) is 18.2 Å². The Morgan fingerprint density at radius 2 is 1.83 bits per heavy atom. The third-order valence-corrected chi connectivity index (χ3v) is 2.97. The molecule has 2 aromatic rings. The molecular weight excluding hydrogens is 224 g/mol. The van der Waals surface area contributed by atoms with Gasteiger partial charge in [-0.2, -0.15) is 0 Å². The van der Waals surface area contributed by atoms with Crippen LogP contribution in [-0.4, -0.2) is 15.0 Å². The van der Waals surface area contributed by atoms with Gasteiger partial charge in [-0.3, -0.25) is 0 Å². The van der Waals surface area contributed by atoms with Gasteiger partial charge in [-0.25, -0.2) is 4.68 Å². The first-order valence-electron chi connectivity index (χ1n) is 6.35. The second-order valence-electron chi connectivity index (χ2n) is 4.82. The maximum atomic E-state index is 5.85. The molecule has 2 rings (SSSR count). The number of rotatable bonds is 4. The van der Waals surface area contributed by atoms with Crippen LogP contribution < -0.4 is 5.73 Å². The third-order valence-electron chi connectivity index (χ3n) is 2.97. The van der Waals surface area contributed by atoms with Crippen molar-refractivity contribution in [3.8, 4) is 0 Å². The van der Waals surface area contributed by atoms with Crippen molar-refractivity contribution in [1.82, 2.24) is 15.0 Å². The van der Waals surface area contributed by atoms with E-state index in [1.54, 1.807) is 0 Å². The molecule has 0 unspecified atom stereocenters. The number of benzene rings is 1. The number of hydrogen-bond acceptors (Lipinski definition) is 3. The van der Waals surface area contributed by atoms with Crippen molar-refractivity contribution in [2.45, 2.75) is 40.2 Å². The molecule has 1 aromatic carbocycles. The lowest BCUT2D eigenvalue weighted by Crippen LogP contribution is -2.07. The SMILES string of the molecule is CCCc1c(N)nnn1Cc1cc(C)cc(C)c1. The first kappa shape index (κ1) is 12.6. The molecule has 18 heavy (non-hydrogen) atoms. The Labute approximate surface area is 108 Å². The quantitative estimate of drug-likeness (QED) is 0.899. The summed E-state index contributed by atoms with van der Waals surface area (Å²) in [5, 5.41) is 8.10. The highest BCUT2D eigenvalue weighted by atomic mass is 15.4. The lowest BCUT2D eigenvalue weighted by molar-refractivity contribution is 0.613. The Morgan fingerprint density at radius 1 is 1.17 bits per heavy atom. The molecule has 4 nitrogen and oxygen atoms in total. The molecule has 0 radical (unpaired) electrons. The van der Waals surface area contributed by atoms with Gasteiger partial charge >= 0.3 is 0 Å². The zero-order valence-electron chi connectivity index (χ0n) is 11.3. The zero-order valence-corrected chi connectivity index (χ0v) is 11.3. The van der Waals surface area contributed by atoms with Crippen molar-refractivity contribution < 1.29 is 0 Å². The van der Waals surface area contributed by atoms with E-state index in [1.807, 2.05) is 4.68 Å². The highest BCUT2D eigenvalue weighted by Crippen LogP contribution is 2.14. The van der Waals surface area contributed by atoms with Gasteiger partial charge in [0, 0.05) is 0 Å².